The number of hydrogen-bond acceptors (Lipinski definition) is 1. The lowest BCUT2D eigenvalue weighted by molar-refractivity contribution is 0.0734. The van der Waals surface area contributed by atoms with Gasteiger partial charge in [-0.05, 0) is 43.7 Å². The molecule has 1 aromatic rings. The second-order valence-electron chi connectivity index (χ2n) is 5.73. The van der Waals surface area contributed by atoms with Crippen molar-refractivity contribution >= 4 is 5.91 Å². The fourth-order valence-corrected chi connectivity index (χ4v) is 2.20. The third-order valence-corrected chi connectivity index (χ3v) is 3.57. The molecule has 0 bridgehead atoms. The molecule has 1 aromatic carbocycles. The Morgan fingerprint density at radius 3 is 2.56 bits per heavy atom. The van der Waals surface area contributed by atoms with Crippen molar-refractivity contribution in [3.63, 3.8) is 0 Å². The van der Waals surface area contributed by atoms with Gasteiger partial charge in [-0.2, -0.15) is 0 Å². The van der Waals surface area contributed by atoms with Gasteiger partial charge in [0, 0.05) is 18.2 Å². The topological polar surface area (TPSA) is 20.3 Å². The van der Waals surface area contributed by atoms with Crippen LogP contribution in [0.2, 0.25) is 0 Å². The summed E-state index contributed by atoms with van der Waals surface area (Å²) < 4.78 is 0. The molecule has 0 spiro atoms. The molecule has 0 heterocycles. The van der Waals surface area contributed by atoms with Crippen LogP contribution < -0.4 is 0 Å². The highest BCUT2D eigenvalue weighted by atomic mass is 16.2. The average Bonchev–Trinajstić information content (AvgIpc) is 3.13. The molecule has 1 amide bonds. The SMILES string of the molecule is Cc1ccccc1C(=O)N(CCC(C)C)C1CC1. The van der Waals surface area contributed by atoms with Gasteiger partial charge in [0.15, 0.2) is 0 Å². The summed E-state index contributed by atoms with van der Waals surface area (Å²) in [6, 6.07) is 8.40. The highest BCUT2D eigenvalue weighted by molar-refractivity contribution is 5.96. The van der Waals surface area contributed by atoms with Gasteiger partial charge in [-0.15, -0.1) is 0 Å². The smallest absolute Gasteiger partial charge is 0.254 e. The standard InChI is InChI=1S/C16H23NO/c1-12(2)10-11-17(14-8-9-14)16(18)15-7-5-4-6-13(15)3/h4-7,12,14H,8-11H2,1-3H3. The number of benzene rings is 1. The summed E-state index contributed by atoms with van der Waals surface area (Å²) in [5.74, 6) is 0.868. The molecule has 18 heavy (non-hydrogen) atoms. The number of nitrogens with zero attached hydrogens (tertiary/aromatic N) is 1. The normalized spacial score (nSPS) is 14.9. The molecule has 1 aliphatic rings. The lowest BCUT2D eigenvalue weighted by Gasteiger charge is -2.24. The van der Waals surface area contributed by atoms with Crippen molar-refractivity contribution in [3.05, 3.63) is 35.4 Å². The van der Waals surface area contributed by atoms with Crippen LogP contribution in [0.1, 0.15) is 49.0 Å². The Kier molecular flexibility index (Phi) is 4.05. The highest BCUT2D eigenvalue weighted by Crippen LogP contribution is 2.29. The zero-order valence-electron chi connectivity index (χ0n) is 11.6. The Morgan fingerprint density at radius 2 is 2.00 bits per heavy atom. The summed E-state index contributed by atoms with van der Waals surface area (Å²) in [7, 11) is 0. The molecule has 0 atom stereocenters. The molecule has 98 valence electrons. The van der Waals surface area contributed by atoms with Crippen LogP contribution in [0.15, 0.2) is 24.3 Å². The quantitative estimate of drug-likeness (QED) is 0.775. The van der Waals surface area contributed by atoms with E-state index in [4.69, 9.17) is 0 Å². The van der Waals surface area contributed by atoms with E-state index in [1.54, 1.807) is 0 Å². The molecular weight excluding hydrogens is 222 g/mol. The van der Waals surface area contributed by atoms with Crippen LogP contribution in [-0.4, -0.2) is 23.4 Å². The van der Waals surface area contributed by atoms with E-state index in [1.165, 1.54) is 12.8 Å². The lowest BCUT2D eigenvalue weighted by Crippen LogP contribution is -2.35. The van der Waals surface area contributed by atoms with E-state index >= 15 is 0 Å². The first-order valence-corrected chi connectivity index (χ1v) is 6.96. The summed E-state index contributed by atoms with van der Waals surface area (Å²) in [6.07, 6.45) is 3.44. The van der Waals surface area contributed by atoms with Gasteiger partial charge in [-0.25, -0.2) is 0 Å². The second-order valence-corrected chi connectivity index (χ2v) is 5.73. The van der Waals surface area contributed by atoms with Crippen LogP contribution in [-0.2, 0) is 0 Å². The first kappa shape index (κ1) is 13.1. The van der Waals surface area contributed by atoms with E-state index in [0.717, 1.165) is 24.1 Å². The summed E-state index contributed by atoms with van der Waals surface area (Å²) in [5, 5.41) is 0. The highest BCUT2D eigenvalue weighted by Gasteiger charge is 2.33. The van der Waals surface area contributed by atoms with Gasteiger partial charge in [-0.3, -0.25) is 4.79 Å². The van der Waals surface area contributed by atoms with Gasteiger partial charge in [0.2, 0.25) is 0 Å². The third kappa shape index (κ3) is 3.12. The van der Waals surface area contributed by atoms with Crippen LogP contribution >= 0.6 is 0 Å². The monoisotopic (exact) mass is 245 g/mol. The molecule has 2 heteroatoms. The molecule has 1 saturated carbocycles. The Hall–Kier alpha value is -1.31. The minimum Gasteiger partial charge on any atom is -0.336 e. The summed E-state index contributed by atoms with van der Waals surface area (Å²) in [4.78, 5) is 14.7. The van der Waals surface area contributed by atoms with E-state index in [9.17, 15) is 4.79 Å². The van der Waals surface area contributed by atoms with Crippen molar-refractivity contribution in [2.24, 2.45) is 5.92 Å². The van der Waals surface area contributed by atoms with Crippen molar-refractivity contribution in [1.29, 1.82) is 0 Å². The number of hydrogen-bond donors (Lipinski definition) is 0. The van der Waals surface area contributed by atoms with Crippen LogP contribution in [0, 0.1) is 12.8 Å². The van der Waals surface area contributed by atoms with E-state index in [0.29, 0.717) is 12.0 Å². The number of carbonyl (C=O) groups excluding carboxylic acids is 1. The van der Waals surface area contributed by atoms with Crippen LogP contribution in [0.3, 0.4) is 0 Å². The van der Waals surface area contributed by atoms with Crippen molar-refractivity contribution in [2.75, 3.05) is 6.54 Å². The Morgan fingerprint density at radius 1 is 1.33 bits per heavy atom. The van der Waals surface area contributed by atoms with Gasteiger partial charge in [0.1, 0.15) is 0 Å². The zero-order valence-corrected chi connectivity index (χ0v) is 11.6. The molecule has 1 aliphatic carbocycles. The van der Waals surface area contributed by atoms with Crippen molar-refractivity contribution in [3.8, 4) is 0 Å². The molecular formula is C16H23NO. The number of aryl methyl sites for hydroxylation is 1. The predicted molar refractivity (Wildman–Crippen MR) is 74.7 cm³/mol. The Labute approximate surface area is 110 Å². The van der Waals surface area contributed by atoms with Crippen LogP contribution in [0.5, 0.6) is 0 Å². The van der Waals surface area contributed by atoms with Crippen molar-refractivity contribution in [1.82, 2.24) is 4.90 Å². The van der Waals surface area contributed by atoms with Gasteiger partial charge in [0.25, 0.3) is 5.91 Å². The van der Waals surface area contributed by atoms with Gasteiger partial charge in [-0.1, -0.05) is 32.0 Å². The Balaban J connectivity index is 2.11. The van der Waals surface area contributed by atoms with Crippen molar-refractivity contribution < 1.29 is 4.79 Å². The molecule has 0 radical (unpaired) electrons. The molecule has 0 aliphatic heterocycles. The van der Waals surface area contributed by atoms with Crippen LogP contribution in [0.25, 0.3) is 0 Å². The van der Waals surface area contributed by atoms with Gasteiger partial charge < -0.3 is 4.90 Å². The summed E-state index contributed by atoms with van der Waals surface area (Å²) in [5.41, 5.74) is 1.95. The minimum atomic E-state index is 0.219. The largest absolute Gasteiger partial charge is 0.336 e. The molecule has 1 fully saturated rings. The summed E-state index contributed by atoms with van der Waals surface area (Å²) in [6.45, 7) is 7.34. The number of carbonyl (C=O) groups is 1. The maximum atomic E-state index is 12.6. The average molecular weight is 245 g/mol. The van der Waals surface area contributed by atoms with E-state index in [-0.39, 0.29) is 5.91 Å². The molecule has 0 aromatic heterocycles. The van der Waals surface area contributed by atoms with E-state index in [1.807, 2.05) is 31.2 Å². The second kappa shape index (κ2) is 5.55. The maximum absolute atomic E-state index is 12.6. The zero-order chi connectivity index (χ0) is 13.1. The molecule has 0 saturated heterocycles. The molecule has 2 nitrogen and oxygen atoms in total. The fraction of sp³-hybridized carbons (Fsp3) is 0.562. The fourth-order valence-electron chi connectivity index (χ4n) is 2.20. The van der Waals surface area contributed by atoms with E-state index in [2.05, 4.69) is 18.7 Å². The van der Waals surface area contributed by atoms with Crippen molar-refractivity contribution in [2.45, 2.75) is 46.1 Å². The van der Waals surface area contributed by atoms with Gasteiger partial charge >= 0.3 is 0 Å². The minimum absolute atomic E-state index is 0.219. The molecule has 0 unspecified atom stereocenters. The number of amides is 1. The lowest BCUT2D eigenvalue weighted by atomic mass is 10.1. The molecule has 0 N–H and O–H groups in total. The molecule has 2 rings (SSSR count). The Bertz CT molecular complexity index is 421. The number of rotatable bonds is 5. The predicted octanol–water partition coefficient (Wildman–Crippen LogP) is 3.65. The maximum Gasteiger partial charge on any atom is 0.254 e. The summed E-state index contributed by atoms with van der Waals surface area (Å²) >= 11 is 0. The van der Waals surface area contributed by atoms with E-state index < -0.39 is 0 Å². The van der Waals surface area contributed by atoms with Gasteiger partial charge in [0.05, 0.1) is 0 Å². The first-order chi connectivity index (χ1) is 8.59. The first-order valence-electron chi connectivity index (χ1n) is 6.96. The van der Waals surface area contributed by atoms with Crippen LogP contribution in [0.4, 0.5) is 0 Å². The third-order valence-electron chi connectivity index (χ3n) is 3.57.